The van der Waals surface area contributed by atoms with Crippen molar-refractivity contribution in [3.63, 3.8) is 0 Å². The number of nitrogens with two attached hydrogens (primary N) is 3. The third-order valence-corrected chi connectivity index (χ3v) is 6.07. The first kappa shape index (κ1) is 19.5. The summed E-state index contributed by atoms with van der Waals surface area (Å²) in [5, 5.41) is 3.51. The van der Waals surface area contributed by atoms with Crippen molar-refractivity contribution in [1.82, 2.24) is 0 Å². The highest BCUT2D eigenvalue weighted by molar-refractivity contribution is 7.80. The quantitative estimate of drug-likeness (QED) is 0.472. The summed E-state index contributed by atoms with van der Waals surface area (Å²) in [5.41, 5.74) is 19.8. The van der Waals surface area contributed by atoms with E-state index in [0.717, 1.165) is 5.30 Å². The van der Waals surface area contributed by atoms with E-state index in [1.807, 2.05) is 48.5 Å². The van der Waals surface area contributed by atoms with Crippen LogP contribution in [-0.2, 0) is 0 Å². The molecule has 0 bridgehead atoms. The SMILES string of the molecule is Nc1ccc(P(c2ccccc2)c2ccccc2)c(N)c1N.O.O. The van der Waals surface area contributed by atoms with Crippen molar-refractivity contribution in [3.8, 4) is 0 Å². The summed E-state index contributed by atoms with van der Waals surface area (Å²) in [7, 11) is -0.756. The van der Waals surface area contributed by atoms with Gasteiger partial charge in [-0.25, -0.2) is 0 Å². The van der Waals surface area contributed by atoms with Crippen LogP contribution in [0.3, 0.4) is 0 Å². The molecule has 0 atom stereocenters. The second-order valence-electron chi connectivity index (χ2n) is 5.01. The fraction of sp³-hybridized carbons (Fsp3) is 0. The third kappa shape index (κ3) is 3.66. The van der Waals surface area contributed by atoms with Crippen LogP contribution in [0.4, 0.5) is 17.1 Å². The molecule has 0 aliphatic heterocycles. The molecule has 0 heterocycles. The molecule has 3 rings (SSSR count). The molecule has 0 radical (unpaired) electrons. The van der Waals surface area contributed by atoms with Crippen LogP contribution in [0.5, 0.6) is 0 Å². The highest BCUT2D eigenvalue weighted by Gasteiger charge is 2.20. The summed E-state index contributed by atoms with van der Waals surface area (Å²) in [6, 6.07) is 24.6. The second kappa shape index (κ2) is 8.31. The van der Waals surface area contributed by atoms with Gasteiger partial charge in [0.2, 0.25) is 0 Å². The van der Waals surface area contributed by atoms with Crippen molar-refractivity contribution in [1.29, 1.82) is 0 Å². The highest BCUT2D eigenvalue weighted by atomic mass is 31.1. The first-order valence-corrected chi connectivity index (χ1v) is 8.36. The first-order chi connectivity index (χ1) is 10.7. The minimum Gasteiger partial charge on any atom is -0.412 e. The first-order valence-electron chi connectivity index (χ1n) is 7.02. The summed E-state index contributed by atoms with van der Waals surface area (Å²) in [4.78, 5) is 0. The summed E-state index contributed by atoms with van der Waals surface area (Å²) in [6.45, 7) is 0. The van der Waals surface area contributed by atoms with Crippen LogP contribution in [0.2, 0.25) is 0 Å². The van der Waals surface area contributed by atoms with Crippen molar-refractivity contribution in [3.05, 3.63) is 72.8 Å². The Morgan fingerprint density at radius 2 is 1.00 bits per heavy atom. The van der Waals surface area contributed by atoms with Crippen LogP contribution in [0.15, 0.2) is 72.8 Å². The molecule has 0 unspecified atom stereocenters. The largest absolute Gasteiger partial charge is 0.412 e. The van der Waals surface area contributed by atoms with Gasteiger partial charge in [-0.3, -0.25) is 0 Å². The Morgan fingerprint density at radius 1 is 0.542 bits per heavy atom. The molecule has 3 aromatic rings. The Labute approximate surface area is 142 Å². The predicted molar refractivity (Wildman–Crippen MR) is 106 cm³/mol. The van der Waals surface area contributed by atoms with E-state index in [-0.39, 0.29) is 11.0 Å². The van der Waals surface area contributed by atoms with Gasteiger partial charge in [0.05, 0.1) is 17.1 Å². The summed E-state index contributed by atoms with van der Waals surface area (Å²) in [5.74, 6) is 0. The topological polar surface area (TPSA) is 141 Å². The average Bonchev–Trinajstić information content (AvgIpc) is 2.57. The van der Waals surface area contributed by atoms with Crippen molar-refractivity contribution < 1.29 is 11.0 Å². The molecule has 0 saturated carbocycles. The Bertz CT molecular complexity index is 744. The predicted octanol–water partition coefficient (Wildman–Crippen LogP) is 0.542. The van der Waals surface area contributed by atoms with Crippen molar-refractivity contribution >= 4 is 40.9 Å². The lowest BCUT2D eigenvalue weighted by atomic mass is 10.2. The molecule has 5 nitrogen and oxygen atoms in total. The number of hydrogen-bond acceptors (Lipinski definition) is 3. The molecular weight excluding hydrogens is 321 g/mol. The van der Waals surface area contributed by atoms with Crippen molar-refractivity contribution in [2.24, 2.45) is 0 Å². The molecule has 0 saturated heterocycles. The van der Waals surface area contributed by atoms with Gasteiger partial charge in [-0.05, 0) is 30.7 Å². The fourth-order valence-corrected chi connectivity index (χ4v) is 4.80. The summed E-state index contributed by atoms with van der Waals surface area (Å²) < 4.78 is 0. The molecule has 6 heteroatoms. The van der Waals surface area contributed by atoms with Gasteiger partial charge < -0.3 is 28.2 Å². The number of rotatable bonds is 3. The Balaban J connectivity index is 0.00000144. The smallest absolute Gasteiger partial charge is 0.0788 e. The number of nitrogen functional groups attached to an aromatic ring is 3. The monoisotopic (exact) mass is 343 g/mol. The zero-order valence-corrected chi connectivity index (χ0v) is 14.0. The van der Waals surface area contributed by atoms with E-state index in [1.54, 1.807) is 0 Å². The van der Waals surface area contributed by atoms with Crippen molar-refractivity contribution in [2.75, 3.05) is 17.2 Å². The minimum atomic E-state index is -0.756. The molecule has 10 N–H and O–H groups in total. The maximum absolute atomic E-state index is 6.27. The molecule has 0 fully saturated rings. The number of anilines is 3. The summed E-state index contributed by atoms with van der Waals surface area (Å²) in [6.07, 6.45) is 0. The van der Waals surface area contributed by atoms with Crippen LogP contribution < -0.4 is 33.1 Å². The van der Waals surface area contributed by atoms with E-state index in [9.17, 15) is 0 Å². The van der Waals surface area contributed by atoms with Gasteiger partial charge in [-0.1, -0.05) is 60.7 Å². The minimum absolute atomic E-state index is 0. The Morgan fingerprint density at radius 3 is 1.46 bits per heavy atom. The van der Waals surface area contributed by atoms with E-state index in [2.05, 4.69) is 24.3 Å². The van der Waals surface area contributed by atoms with Gasteiger partial charge in [0.1, 0.15) is 0 Å². The van der Waals surface area contributed by atoms with Gasteiger partial charge in [0.25, 0.3) is 0 Å². The van der Waals surface area contributed by atoms with E-state index in [1.165, 1.54) is 10.6 Å². The van der Waals surface area contributed by atoms with Crippen LogP contribution in [0.1, 0.15) is 0 Å². The van der Waals surface area contributed by atoms with Gasteiger partial charge in [0, 0.05) is 5.30 Å². The maximum atomic E-state index is 6.27. The molecule has 0 amide bonds. The lowest BCUT2D eigenvalue weighted by Gasteiger charge is -2.22. The Kier molecular flexibility index (Phi) is 6.74. The van der Waals surface area contributed by atoms with Gasteiger partial charge in [-0.15, -0.1) is 0 Å². The van der Waals surface area contributed by atoms with Gasteiger partial charge in [-0.2, -0.15) is 0 Å². The lowest BCUT2D eigenvalue weighted by Crippen LogP contribution is -2.24. The van der Waals surface area contributed by atoms with E-state index in [4.69, 9.17) is 17.2 Å². The Hall–Kier alpha value is -2.59. The van der Waals surface area contributed by atoms with Crippen LogP contribution in [-0.4, -0.2) is 11.0 Å². The molecule has 3 aromatic carbocycles. The molecule has 24 heavy (non-hydrogen) atoms. The van der Waals surface area contributed by atoms with E-state index < -0.39 is 7.92 Å². The molecular formula is C18H22N3O2P. The van der Waals surface area contributed by atoms with Crippen LogP contribution >= 0.6 is 7.92 Å². The van der Waals surface area contributed by atoms with Gasteiger partial charge in [0.15, 0.2) is 0 Å². The normalized spacial score (nSPS) is 9.88. The second-order valence-corrected chi connectivity index (χ2v) is 7.19. The zero-order chi connectivity index (χ0) is 15.5. The van der Waals surface area contributed by atoms with E-state index in [0.29, 0.717) is 17.1 Å². The van der Waals surface area contributed by atoms with Crippen LogP contribution in [0, 0.1) is 0 Å². The molecule has 0 aromatic heterocycles. The number of benzene rings is 3. The molecule has 0 spiro atoms. The van der Waals surface area contributed by atoms with E-state index >= 15 is 0 Å². The highest BCUT2D eigenvalue weighted by Crippen LogP contribution is 2.37. The molecule has 0 aliphatic carbocycles. The van der Waals surface area contributed by atoms with Gasteiger partial charge >= 0.3 is 0 Å². The zero-order valence-electron chi connectivity index (χ0n) is 13.1. The van der Waals surface area contributed by atoms with Crippen LogP contribution in [0.25, 0.3) is 0 Å². The average molecular weight is 343 g/mol. The fourth-order valence-electron chi connectivity index (χ4n) is 2.42. The molecule has 126 valence electrons. The third-order valence-electron chi connectivity index (χ3n) is 3.57. The molecule has 0 aliphatic rings. The maximum Gasteiger partial charge on any atom is 0.0788 e. The lowest BCUT2D eigenvalue weighted by molar-refractivity contribution is 0.823. The summed E-state index contributed by atoms with van der Waals surface area (Å²) >= 11 is 0. The van der Waals surface area contributed by atoms with Crippen molar-refractivity contribution in [2.45, 2.75) is 0 Å². The standard InChI is InChI=1S/C18H18N3P.2H2O/c19-15-11-12-16(18(21)17(15)20)22(13-7-3-1-4-8-13)14-9-5-2-6-10-14;;/h1-12H,19-21H2;2*1H2. The number of hydrogen-bond donors (Lipinski definition) is 3.